The normalized spacial score (nSPS) is 21.8. The minimum absolute atomic E-state index is 0.109. The molecule has 110 valence electrons. The van der Waals surface area contributed by atoms with Crippen molar-refractivity contribution in [1.29, 1.82) is 0 Å². The molecule has 1 fully saturated rings. The van der Waals surface area contributed by atoms with Crippen molar-refractivity contribution in [3.63, 3.8) is 0 Å². The van der Waals surface area contributed by atoms with Crippen LogP contribution in [0.25, 0.3) is 0 Å². The molecule has 1 aliphatic carbocycles. The molecule has 1 amide bonds. The average molecular weight is 280 g/mol. The topological polar surface area (TPSA) is 64.3 Å². The summed E-state index contributed by atoms with van der Waals surface area (Å²) in [5, 5.41) is 2.71. The molecule has 3 N–H and O–H groups in total. The Balaban J connectivity index is 1.92. The van der Waals surface area contributed by atoms with Gasteiger partial charge in [-0.05, 0) is 37.8 Å². The Kier molecular flexibility index (Phi) is 4.95. The number of carbonyl (C=O) groups excluding carboxylic acids is 1. The van der Waals surface area contributed by atoms with Crippen LogP contribution < -0.4 is 15.8 Å². The number of carbonyl (C=O) groups is 1. The van der Waals surface area contributed by atoms with Gasteiger partial charge in [0.05, 0.1) is 6.61 Å². The third-order valence-electron chi connectivity index (χ3n) is 3.68. The Labute approximate surface area is 118 Å². The van der Waals surface area contributed by atoms with Crippen LogP contribution in [-0.4, -0.2) is 18.6 Å². The predicted molar refractivity (Wildman–Crippen MR) is 76.1 cm³/mol. The third-order valence-corrected chi connectivity index (χ3v) is 3.68. The predicted octanol–water partition coefficient (Wildman–Crippen LogP) is 2.68. The molecule has 4 nitrogen and oxygen atoms in total. The molecule has 1 aromatic rings. The van der Waals surface area contributed by atoms with Gasteiger partial charge in [-0.3, -0.25) is 4.79 Å². The number of anilines is 1. The summed E-state index contributed by atoms with van der Waals surface area (Å²) in [6, 6.07) is 4.55. The van der Waals surface area contributed by atoms with Gasteiger partial charge in [-0.25, -0.2) is 4.39 Å². The summed E-state index contributed by atoms with van der Waals surface area (Å²) < 4.78 is 18.8. The van der Waals surface area contributed by atoms with E-state index in [2.05, 4.69) is 5.32 Å². The van der Waals surface area contributed by atoms with E-state index in [0.29, 0.717) is 18.7 Å². The Hall–Kier alpha value is -1.62. The average Bonchev–Trinajstić information content (AvgIpc) is 2.78. The van der Waals surface area contributed by atoms with E-state index in [1.54, 1.807) is 13.0 Å². The minimum atomic E-state index is -0.470. The van der Waals surface area contributed by atoms with Crippen LogP contribution in [-0.2, 0) is 4.79 Å². The van der Waals surface area contributed by atoms with Gasteiger partial charge >= 0.3 is 0 Å². The highest BCUT2D eigenvalue weighted by atomic mass is 19.1. The van der Waals surface area contributed by atoms with Crippen LogP contribution in [0.3, 0.4) is 0 Å². The SMILES string of the molecule is CCOc1ccc(NC(=O)C[C@@H]2CCC[C@H]2N)cc1F. The third kappa shape index (κ3) is 3.70. The molecule has 0 heterocycles. The molecule has 0 unspecified atom stereocenters. The van der Waals surface area contributed by atoms with E-state index >= 15 is 0 Å². The summed E-state index contributed by atoms with van der Waals surface area (Å²) in [5.41, 5.74) is 6.39. The fourth-order valence-electron chi connectivity index (χ4n) is 2.62. The van der Waals surface area contributed by atoms with Crippen LogP contribution in [0.2, 0.25) is 0 Å². The van der Waals surface area contributed by atoms with Crippen molar-refractivity contribution in [2.24, 2.45) is 11.7 Å². The molecule has 0 bridgehead atoms. The van der Waals surface area contributed by atoms with Gasteiger partial charge in [0.15, 0.2) is 11.6 Å². The smallest absolute Gasteiger partial charge is 0.224 e. The first-order chi connectivity index (χ1) is 9.60. The number of halogens is 1. The number of rotatable bonds is 5. The highest BCUT2D eigenvalue weighted by Gasteiger charge is 2.26. The number of amides is 1. The van der Waals surface area contributed by atoms with Gasteiger partial charge in [-0.2, -0.15) is 0 Å². The van der Waals surface area contributed by atoms with Crippen LogP contribution >= 0.6 is 0 Å². The molecule has 1 aliphatic rings. The second-order valence-corrected chi connectivity index (χ2v) is 5.19. The Morgan fingerprint density at radius 3 is 2.90 bits per heavy atom. The van der Waals surface area contributed by atoms with E-state index in [9.17, 15) is 9.18 Å². The fraction of sp³-hybridized carbons (Fsp3) is 0.533. The lowest BCUT2D eigenvalue weighted by Crippen LogP contribution is -2.28. The van der Waals surface area contributed by atoms with E-state index in [4.69, 9.17) is 10.5 Å². The van der Waals surface area contributed by atoms with Crippen molar-refractivity contribution in [3.8, 4) is 5.75 Å². The maximum atomic E-state index is 13.7. The minimum Gasteiger partial charge on any atom is -0.491 e. The molecule has 0 radical (unpaired) electrons. The first-order valence-corrected chi connectivity index (χ1v) is 7.08. The van der Waals surface area contributed by atoms with Crippen molar-refractivity contribution < 1.29 is 13.9 Å². The van der Waals surface area contributed by atoms with Crippen LogP contribution in [0.4, 0.5) is 10.1 Å². The Morgan fingerprint density at radius 1 is 1.50 bits per heavy atom. The van der Waals surface area contributed by atoms with Crippen molar-refractivity contribution in [1.82, 2.24) is 0 Å². The van der Waals surface area contributed by atoms with E-state index in [1.165, 1.54) is 12.1 Å². The van der Waals surface area contributed by atoms with Gasteiger partial charge in [0.2, 0.25) is 5.91 Å². The molecular formula is C15H21FN2O2. The molecule has 0 aromatic heterocycles. The van der Waals surface area contributed by atoms with Gasteiger partial charge in [0, 0.05) is 24.2 Å². The first-order valence-electron chi connectivity index (χ1n) is 7.08. The monoisotopic (exact) mass is 280 g/mol. The van der Waals surface area contributed by atoms with Crippen molar-refractivity contribution in [2.75, 3.05) is 11.9 Å². The quantitative estimate of drug-likeness (QED) is 0.871. The second kappa shape index (κ2) is 6.70. The van der Waals surface area contributed by atoms with Crippen LogP contribution in [0, 0.1) is 11.7 Å². The van der Waals surface area contributed by atoms with Crippen LogP contribution in [0.1, 0.15) is 32.6 Å². The maximum Gasteiger partial charge on any atom is 0.224 e. The molecule has 1 saturated carbocycles. The number of hydrogen-bond donors (Lipinski definition) is 2. The molecule has 0 aliphatic heterocycles. The van der Waals surface area contributed by atoms with Gasteiger partial charge in [0.1, 0.15) is 0 Å². The van der Waals surface area contributed by atoms with E-state index in [1.807, 2.05) is 0 Å². The van der Waals surface area contributed by atoms with E-state index in [-0.39, 0.29) is 23.6 Å². The number of benzene rings is 1. The van der Waals surface area contributed by atoms with Gasteiger partial charge in [-0.1, -0.05) is 6.42 Å². The van der Waals surface area contributed by atoms with Gasteiger partial charge in [0.25, 0.3) is 0 Å². The lowest BCUT2D eigenvalue weighted by atomic mass is 10.00. The van der Waals surface area contributed by atoms with Crippen LogP contribution in [0.15, 0.2) is 18.2 Å². The summed E-state index contributed by atoms with van der Waals surface area (Å²) in [6.45, 7) is 2.20. The highest BCUT2D eigenvalue weighted by Crippen LogP contribution is 2.27. The number of ether oxygens (including phenoxy) is 1. The summed E-state index contributed by atoms with van der Waals surface area (Å²) >= 11 is 0. The Bertz CT molecular complexity index is 479. The molecule has 5 heteroatoms. The summed E-state index contributed by atoms with van der Waals surface area (Å²) in [6.07, 6.45) is 3.45. The number of nitrogens with one attached hydrogen (secondary N) is 1. The summed E-state index contributed by atoms with van der Waals surface area (Å²) in [7, 11) is 0. The molecule has 0 saturated heterocycles. The zero-order valence-electron chi connectivity index (χ0n) is 11.7. The maximum absolute atomic E-state index is 13.7. The van der Waals surface area contributed by atoms with E-state index in [0.717, 1.165) is 19.3 Å². The first kappa shape index (κ1) is 14.8. The Morgan fingerprint density at radius 2 is 2.30 bits per heavy atom. The lowest BCUT2D eigenvalue weighted by molar-refractivity contribution is -0.117. The molecule has 2 atom stereocenters. The summed E-state index contributed by atoms with van der Waals surface area (Å²) in [5.74, 6) is -0.149. The zero-order chi connectivity index (χ0) is 14.5. The standard InChI is InChI=1S/C15H21FN2O2/c1-2-20-14-7-6-11(9-12(14)16)18-15(19)8-10-4-3-5-13(10)17/h6-7,9-10,13H,2-5,8,17H2,1H3,(H,18,19)/t10-,13+/m0/s1. The molecule has 1 aromatic carbocycles. The largest absolute Gasteiger partial charge is 0.491 e. The summed E-state index contributed by atoms with van der Waals surface area (Å²) in [4.78, 5) is 11.9. The van der Waals surface area contributed by atoms with E-state index < -0.39 is 5.82 Å². The number of hydrogen-bond acceptors (Lipinski definition) is 3. The molecule has 0 spiro atoms. The van der Waals surface area contributed by atoms with Crippen LogP contribution in [0.5, 0.6) is 5.75 Å². The van der Waals surface area contributed by atoms with Crippen molar-refractivity contribution in [3.05, 3.63) is 24.0 Å². The van der Waals surface area contributed by atoms with Crippen molar-refractivity contribution in [2.45, 2.75) is 38.6 Å². The zero-order valence-corrected chi connectivity index (χ0v) is 11.7. The molecular weight excluding hydrogens is 259 g/mol. The fourth-order valence-corrected chi connectivity index (χ4v) is 2.62. The second-order valence-electron chi connectivity index (χ2n) is 5.19. The molecule has 20 heavy (non-hydrogen) atoms. The highest BCUT2D eigenvalue weighted by molar-refractivity contribution is 5.91. The van der Waals surface area contributed by atoms with Gasteiger partial charge < -0.3 is 15.8 Å². The lowest BCUT2D eigenvalue weighted by Gasteiger charge is -2.15. The van der Waals surface area contributed by atoms with Gasteiger partial charge in [-0.15, -0.1) is 0 Å². The number of nitrogens with two attached hydrogens (primary N) is 1. The van der Waals surface area contributed by atoms with Crippen molar-refractivity contribution >= 4 is 11.6 Å². The molecule has 2 rings (SSSR count).